The van der Waals surface area contributed by atoms with E-state index in [-0.39, 0.29) is 11.9 Å². The van der Waals surface area contributed by atoms with Crippen LogP contribution in [0.2, 0.25) is 0 Å². The summed E-state index contributed by atoms with van der Waals surface area (Å²) in [4.78, 5) is 24.9. The average Bonchev–Trinajstić information content (AvgIpc) is 3.22. The molecule has 1 amide bonds. The molecular formula is C14H16N4OS2. The smallest absolute Gasteiger partial charge is 0.248 e. The minimum absolute atomic E-state index is 0.0510. The molecule has 21 heavy (non-hydrogen) atoms. The molecule has 2 aromatic rings. The maximum absolute atomic E-state index is 12.5. The minimum atomic E-state index is -0.116. The number of nitrogens with one attached hydrogen (secondary N) is 1. The molecule has 0 spiro atoms. The van der Waals surface area contributed by atoms with E-state index < -0.39 is 0 Å². The van der Waals surface area contributed by atoms with Crippen LogP contribution in [0.3, 0.4) is 0 Å². The Balaban J connectivity index is 1.48. The predicted octanol–water partition coefficient (Wildman–Crippen LogP) is 2.70. The molecule has 2 aromatic heterocycles. The van der Waals surface area contributed by atoms with Gasteiger partial charge in [-0.1, -0.05) is 0 Å². The van der Waals surface area contributed by atoms with Crippen LogP contribution in [-0.2, 0) is 17.6 Å². The molecule has 1 fully saturated rings. The average molecular weight is 320 g/mol. The van der Waals surface area contributed by atoms with Gasteiger partial charge >= 0.3 is 0 Å². The van der Waals surface area contributed by atoms with Crippen LogP contribution in [0.15, 0.2) is 11.6 Å². The lowest BCUT2D eigenvalue weighted by Crippen LogP contribution is -2.39. The molecule has 1 atom stereocenters. The number of rotatable bonds is 3. The third-order valence-electron chi connectivity index (χ3n) is 4.05. The predicted molar refractivity (Wildman–Crippen MR) is 85.3 cm³/mol. The zero-order valence-electron chi connectivity index (χ0n) is 11.5. The zero-order valence-corrected chi connectivity index (χ0v) is 13.2. The Labute approximate surface area is 131 Å². The summed E-state index contributed by atoms with van der Waals surface area (Å²) in [6.45, 7) is 0.903. The SMILES string of the molecule is O=C(Nc1nc2c(s1)CCC2)[C@@H]1CCCN1c1nccs1. The van der Waals surface area contributed by atoms with Crippen molar-refractivity contribution in [2.24, 2.45) is 0 Å². The van der Waals surface area contributed by atoms with E-state index in [1.54, 1.807) is 28.9 Å². The summed E-state index contributed by atoms with van der Waals surface area (Å²) in [6, 6.07) is -0.116. The van der Waals surface area contributed by atoms with E-state index in [9.17, 15) is 4.79 Å². The van der Waals surface area contributed by atoms with Gasteiger partial charge in [0.05, 0.1) is 5.69 Å². The van der Waals surface area contributed by atoms with Crippen molar-refractivity contribution in [2.45, 2.75) is 38.1 Å². The Morgan fingerprint density at radius 3 is 3.14 bits per heavy atom. The van der Waals surface area contributed by atoms with Gasteiger partial charge in [0.15, 0.2) is 10.3 Å². The second-order valence-electron chi connectivity index (χ2n) is 5.40. The number of nitrogens with zero attached hydrogens (tertiary/aromatic N) is 3. The van der Waals surface area contributed by atoms with Crippen LogP contribution in [0.1, 0.15) is 29.8 Å². The van der Waals surface area contributed by atoms with Crippen molar-refractivity contribution in [1.29, 1.82) is 0 Å². The Morgan fingerprint density at radius 1 is 1.38 bits per heavy atom. The van der Waals surface area contributed by atoms with Gasteiger partial charge in [0.1, 0.15) is 6.04 Å². The van der Waals surface area contributed by atoms with E-state index in [0.717, 1.165) is 42.5 Å². The van der Waals surface area contributed by atoms with Gasteiger partial charge in [0, 0.05) is 23.0 Å². The van der Waals surface area contributed by atoms with E-state index in [0.29, 0.717) is 0 Å². The first-order valence-corrected chi connectivity index (χ1v) is 8.96. The summed E-state index contributed by atoms with van der Waals surface area (Å²) in [5, 5.41) is 6.66. The van der Waals surface area contributed by atoms with Crippen molar-refractivity contribution in [1.82, 2.24) is 9.97 Å². The summed E-state index contributed by atoms with van der Waals surface area (Å²) in [6.07, 6.45) is 7.07. The number of thiazole rings is 2. The van der Waals surface area contributed by atoms with Gasteiger partial charge in [-0.25, -0.2) is 9.97 Å². The maximum Gasteiger partial charge on any atom is 0.248 e. The molecule has 2 aliphatic rings. The van der Waals surface area contributed by atoms with Crippen molar-refractivity contribution < 1.29 is 4.79 Å². The van der Waals surface area contributed by atoms with Gasteiger partial charge in [-0.15, -0.1) is 22.7 Å². The molecule has 1 saturated heterocycles. The number of anilines is 2. The highest BCUT2D eigenvalue weighted by molar-refractivity contribution is 7.16. The molecule has 0 radical (unpaired) electrons. The van der Waals surface area contributed by atoms with Gasteiger partial charge < -0.3 is 10.2 Å². The van der Waals surface area contributed by atoms with Gasteiger partial charge in [-0.2, -0.15) is 0 Å². The molecular weight excluding hydrogens is 304 g/mol. The van der Waals surface area contributed by atoms with E-state index in [4.69, 9.17) is 0 Å². The number of hydrogen-bond donors (Lipinski definition) is 1. The van der Waals surface area contributed by atoms with Crippen molar-refractivity contribution >= 4 is 38.8 Å². The molecule has 110 valence electrons. The van der Waals surface area contributed by atoms with Crippen LogP contribution < -0.4 is 10.2 Å². The van der Waals surface area contributed by atoms with Gasteiger partial charge in [0.25, 0.3) is 0 Å². The maximum atomic E-state index is 12.5. The molecule has 1 aliphatic heterocycles. The molecule has 7 heteroatoms. The van der Waals surface area contributed by atoms with Crippen molar-refractivity contribution in [3.05, 3.63) is 22.1 Å². The highest BCUT2D eigenvalue weighted by Crippen LogP contribution is 2.32. The normalized spacial score (nSPS) is 20.8. The molecule has 0 saturated carbocycles. The van der Waals surface area contributed by atoms with Crippen LogP contribution in [0.4, 0.5) is 10.3 Å². The number of aryl methyl sites for hydroxylation is 2. The number of hydrogen-bond acceptors (Lipinski definition) is 6. The monoisotopic (exact) mass is 320 g/mol. The molecule has 0 aromatic carbocycles. The highest BCUT2D eigenvalue weighted by Gasteiger charge is 2.32. The summed E-state index contributed by atoms with van der Waals surface area (Å²) in [5.74, 6) is 0.0510. The Morgan fingerprint density at radius 2 is 2.33 bits per heavy atom. The number of amides is 1. The minimum Gasteiger partial charge on any atom is -0.336 e. The number of fused-ring (bicyclic) bond motifs is 1. The van der Waals surface area contributed by atoms with Crippen molar-refractivity contribution in [3.63, 3.8) is 0 Å². The summed E-state index contributed by atoms with van der Waals surface area (Å²) in [7, 11) is 0. The fourth-order valence-corrected chi connectivity index (χ4v) is 4.83. The lowest BCUT2D eigenvalue weighted by Gasteiger charge is -2.22. The van der Waals surface area contributed by atoms with Crippen molar-refractivity contribution in [3.8, 4) is 0 Å². The topological polar surface area (TPSA) is 58.1 Å². The Bertz CT molecular complexity index is 630. The largest absolute Gasteiger partial charge is 0.336 e. The van der Waals surface area contributed by atoms with E-state index in [1.165, 1.54) is 17.0 Å². The van der Waals surface area contributed by atoms with Crippen LogP contribution in [0.5, 0.6) is 0 Å². The van der Waals surface area contributed by atoms with Crippen LogP contribution >= 0.6 is 22.7 Å². The summed E-state index contributed by atoms with van der Waals surface area (Å²) in [5.41, 5.74) is 1.18. The number of carbonyl (C=O) groups is 1. The first-order chi connectivity index (χ1) is 10.3. The summed E-state index contributed by atoms with van der Waals surface area (Å²) < 4.78 is 0. The molecule has 4 rings (SSSR count). The van der Waals surface area contributed by atoms with Gasteiger partial charge in [-0.05, 0) is 32.1 Å². The van der Waals surface area contributed by atoms with E-state index in [1.807, 2.05) is 5.38 Å². The number of carbonyl (C=O) groups excluding carboxylic acids is 1. The lowest BCUT2D eigenvalue weighted by atomic mass is 10.2. The first kappa shape index (κ1) is 13.2. The lowest BCUT2D eigenvalue weighted by molar-refractivity contribution is -0.117. The molecule has 0 unspecified atom stereocenters. The second-order valence-corrected chi connectivity index (χ2v) is 7.35. The zero-order chi connectivity index (χ0) is 14.2. The van der Waals surface area contributed by atoms with Crippen LogP contribution in [0.25, 0.3) is 0 Å². The Hall–Kier alpha value is -1.47. The third kappa shape index (κ3) is 2.44. The van der Waals surface area contributed by atoms with Crippen LogP contribution in [-0.4, -0.2) is 28.5 Å². The number of aromatic nitrogens is 2. The third-order valence-corrected chi connectivity index (χ3v) is 5.93. The van der Waals surface area contributed by atoms with E-state index in [2.05, 4.69) is 20.2 Å². The molecule has 3 heterocycles. The first-order valence-electron chi connectivity index (χ1n) is 7.27. The second kappa shape index (κ2) is 5.38. The molecule has 1 aliphatic carbocycles. The molecule has 0 bridgehead atoms. The van der Waals surface area contributed by atoms with Crippen molar-refractivity contribution in [2.75, 3.05) is 16.8 Å². The van der Waals surface area contributed by atoms with Gasteiger partial charge in [0.2, 0.25) is 5.91 Å². The quantitative estimate of drug-likeness (QED) is 0.944. The standard InChI is InChI=1S/C14H16N4OS2/c19-12(17-13-16-9-3-1-5-11(9)21-13)10-4-2-7-18(10)14-15-6-8-20-14/h6,8,10H,1-5,7H2,(H,16,17,19)/t10-/m0/s1. The molecule has 5 nitrogen and oxygen atoms in total. The fraction of sp³-hybridized carbons (Fsp3) is 0.500. The summed E-state index contributed by atoms with van der Waals surface area (Å²) >= 11 is 3.22. The van der Waals surface area contributed by atoms with Crippen LogP contribution in [0, 0.1) is 0 Å². The Kier molecular flexibility index (Phi) is 3.39. The van der Waals surface area contributed by atoms with E-state index >= 15 is 0 Å². The fourth-order valence-electron chi connectivity index (χ4n) is 3.06. The molecule has 1 N–H and O–H groups in total. The highest BCUT2D eigenvalue weighted by atomic mass is 32.1. The van der Waals surface area contributed by atoms with Gasteiger partial charge in [-0.3, -0.25) is 4.79 Å².